The predicted octanol–water partition coefficient (Wildman–Crippen LogP) is 2.94. The van der Waals surface area contributed by atoms with Gasteiger partial charge in [-0.05, 0) is 48.4 Å². The van der Waals surface area contributed by atoms with Crippen LogP contribution in [-0.2, 0) is 6.61 Å². The van der Waals surface area contributed by atoms with Gasteiger partial charge in [-0.15, -0.1) is 0 Å². The molecule has 0 saturated carbocycles. The molecule has 0 aliphatic rings. The van der Waals surface area contributed by atoms with Gasteiger partial charge in [-0.3, -0.25) is 0 Å². The van der Waals surface area contributed by atoms with Crippen LogP contribution in [0.3, 0.4) is 0 Å². The molecular formula is C20H20N4O4. The number of carboxylic acid groups (broad SMARTS) is 1. The maximum absolute atomic E-state index is 10.9. The van der Waals surface area contributed by atoms with E-state index in [1.807, 2.05) is 13.0 Å². The van der Waals surface area contributed by atoms with Crippen LogP contribution in [-0.4, -0.2) is 34.1 Å². The van der Waals surface area contributed by atoms with Gasteiger partial charge in [0.25, 0.3) is 0 Å². The maximum Gasteiger partial charge on any atom is 0.335 e. The zero-order chi connectivity index (χ0) is 20.1. The van der Waals surface area contributed by atoms with Gasteiger partial charge in [-0.2, -0.15) is 5.10 Å². The Labute approximate surface area is 161 Å². The second kappa shape index (κ2) is 8.26. The average molecular weight is 380 g/mol. The first-order valence-corrected chi connectivity index (χ1v) is 8.45. The van der Waals surface area contributed by atoms with Crippen LogP contribution < -0.4 is 15.2 Å². The molecule has 2 aromatic carbocycles. The van der Waals surface area contributed by atoms with Gasteiger partial charge in [0.2, 0.25) is 5.95 Å². The summed E-state index contributed by atoms with van der Waals surface area (Å²) in [7, 11) is 1.56. The number of nitrogens with zero attached hydrogens (tertiary/aromatic N) is 3. The number of aromatic nitrogens is 2. The van der Waals surface area contributed by atoms with Gasteiger partial charge >= 0.3 is 5.97 Å². The lowest BCUT2D eigenvalue weighted by Crippen LogP contribution is -2.00. The third-order valence-electron chi connectivity index (χ3n) is 3.95. The zero-order valence-corrected chi connectivity index (χ0v) is 15.5. The number of carbonyl (C=O) groups is 1. The standard InChI is InChI=1S/C20H20N4O4/c1-13-11-24(20(21)23-13)22-10-15-5-8-17(18(9-15)27-2)28-12-14-3-6-16(7-4-14)19(25)26/h3-11H,12H2,1-2H3,(H2,21,23)(H,25,26). The normalized spacial score (nSPS) is 10.9. The van der Waals surface area contributed by atoms with Crippen LogP contribution in [0.4, 0.5) is 5.95 Å². The van der Waals surface area contributed by atoms with Crippen LogP contribution in [0, 0.1) is 6.92 Å². The number of imidazole rings is 1. The number of carboxylic acids is 1. The van der Waals surface area contributed by atoms with Crippen LogP contribution in [0.25, 0.3) is 0 Å². The SMILES string of the molecule is COc1cc(C=Nn2cc(C)nc2N)ccc1OCc1ccc(C(=O)O)cc1. The summed E-state index contributed by atoms with van der Waals surface area (Å²) in [6.07, 6.45) is 3.38. The van der Waals surface area contributed by atoms with Crippen molar-refractivity contribution >= 4 is 18.1 Å². The Balaban J connectivity index is 1.70. The molecule has 0 aliphatic heterocycles. The van der Waals surface area contributed by atoms with Gasteiger partial charge in [0.05, 0.1) is 30.8 Å². The number of nitrogens with two attached hydrogens (primary N) is 1. The van der Waals surface area contributed by atoms with Gasteiger partial charge in [0.1, 0.15) is 6.61 Å². The molecule has 3 rings (SSSR count). The molecule has 3 N–H and O–H groups in total. The largest absolute Gasteiger partial charge is 0.493 e. The van der Waals surface area contributed by atoms with E-state index in [9.17, 15) is 4.79 Å². The smallest absolute Gasteiger partial charge is 0.335 e. The molecule has 0 amide bonds. The highest BCUT2D eigenvalue weighted by molar-refractivity contribution is 5.87. The van der Waals surface area contributed by atoms with Crippen LogP contribution in [0.5, 0.6) is 11.5 Å². The first-order valence-electron chi connectivity index (χ1n) is 8.45. The van der Waals surface area contributed by atoms with E-state index >= 15 is 0 Å². The number of aromatic carboxylic acids is 1. The highest BCUT2D eigenvalue weighted by Crippen LogP contribution is 2.28. The Morgan fingerprint density at radius 1 is 1.25 bits per heavy atom. The number of anilines is 1. The lowest BCUT2D eigenvalue weighted by atomic mass is 10.1. The highest BCUT2D eigenvalue weighted by Gasteiger charge is 2.07. The van der Waals surface area contributed by atoms with Crippen molar-refractivity contribution in [1.29, 1.82) is 0 Å². The van der Waals surface area contributed by atoms with Crippen LogP contribution in [0.15, 0.2) is 53.8 Å². The van der Waals surface area contributed by atoms with Crippen molar-refractivity contribution in [1.82, 2.24) is 9.66 Å². The summed E-state index contributed by atoms with van der Waals surface area (Å²) in [6, 6.07) is 11.9. The van der Waals surface area contributed by atoms with Crippen molar-refractivity contribution in [2.75, 3.05) is 12.8 Å². The topological polar surface area (TPSA) is 112 Å². The average Bonchev–Trinajstić information content (AvgIpc) is 3.02. The summed E-state index contributed by atoms with van der Waals surface area (Å²) < 4.78 is 12.7. The number of aryl methyl sites for hydroxylation is 1. The summed E-state index contributed by atoms with van der Waals surface area (Å²) in [6.45, 7) is 2.13. The van der Waals surface area contributed by atoms with E-state index in [-0.39, 0.29) is 12.2 Å². The second-order valence-corrected chi connectivity index (χ2v) is 6.03. The number of ether oxygens (including phenoxy) is 2. The third-order valence-corrected chi connectivity index (χ3v) is 3.95. The van der Waals surface area contributed by atoms with Crippen LogP contribution in [0.2, 0.25) is 0 Å². The quantitative estimate of drug-likeness (QED) is 0.610. The molecule has 0 radical (unpaired) electrons. The third kappa shape index (κ3) is 4.47. The minimum absolute atomic E-state index is 0.235. The van der Waals surface area contributed by atoms with E-state index in [2.05, 4.69) is 10.1 Å². The van der Waals surface area contributed by atoms with Gasteiger partial charge in [0, 0.05) is 0 Å². The van der Waals surface area contributed by atoms with E-state index in [0.717, 1.165) is 16.8 Å². The molecule has 1 aromatic heterocycles. The molecule has 0 unspecified atom stereocenters. The summed E-state index contributed by atoms with van der Waals surface area (Å²) >= 11 is 0. The monoisotopic (exact) mass is 380 g/mol. The summed E-state index contributed by atoms with van der Waals surface area (Å²) in [5.74, 6) is 0.481. The first kappa shape index (κ1) is 19.0. The Morgan fingerprint density at radius 2 is 2.00 bits per heavy atom. The number of nitrogen functional groups attached to an aromatic ring is 1. The molecule has 144 valence electrons. The minimum atomic E-state index is -0.959. The molecule has 0 atom stereocenters. The van der Waals surface area contributed by atoms with Gasteiger partial charge in [0.15, 0.2) is 11.5 Å². The molecule has 0 spiro atoms. The lowest BCUT2D eigenvalue weighted by molar-refractivity contribution is 0.0697. The fourth-order valence-corrected chi connectivity index (χ4v) is 2.51. The van der Waals surface area contributed by atoms with Crippen molar-refractivity contribution in [2.45, 2.75) is 13.5 Å². The number of methoxy groups -OCH3 is 1. The molecule has 0 fully saturated rings. The molecule has 0 aliphatic carbocycles. The van der Waals surface area contributed by atoms with E-state index in [1.165, 1.54) is 4.68 Å². The van der Waals surface area contributed by atoms with Crippen molar-refractivity contribution in [3.8, 4) is 11.5 Å². The first-order chi connectivity index (χ1) is 13.5. The maximum atomic E-state index is 10.9. The van der Waals surface area contributed by atoms with Crippen molar-refractivity contribution in [2.24, 2.45) is 5.10 Å². The van der Waals surface area contributed by atoms with E-state index in [0.29, 0.717) is 17.4 Å². The van der Waals surface area contributed by atoms with Gasteiger partial charge in [-0.25, -0.2) is 14.5 Å². The minimum Gasteiger partial charge on any atom is -0.493 e. The van der Waals surface area contributed by atoms with Crippen LogP contribution >= 0.6 is 0 Å². The lowest BCUT2D eigenvalue weighted by Gasteiger charge is -2.11. The van der Waals surface area contributed by atoms with Crippen molar-refractivity contribution in [3.63, 3.8) is 0 Å². The Kier molecular flexibility index (Phi) is 5.59. The molecule has 28 heavy (non-hydrogen) atoms. The molecule has 0 saturated heterocycles. The molecule has 8 nitrogen and oxygen atoms in total. The Morgan fingerprint density at radius 3 is 2.61 bits per heavy atom. The summed E-state index contributed by atoms with van der Waals surface area (Å²) in [4.78, 5) is 15.0. The van der Waals surface area contributed by atoms with E-state index in [1.54, 1.807) is 55.9 Å². The number of benzene rings is 2. The summed E-state index contributed by atoms with van der Waals surface area (Å²) in [5, 5.41) is 13.2. The van der Waals surface area contributed by atoms with Gasteiger partial charge in [-0.1, -0.05) is 12.1 Å². The van der Waals surface area contributed by atoms with Gasteiger partial charge < -0.3 is 20.3 Å². The molecule has 1 heterocycles. The fourth-order valence-electron chi connectivity index (χ4n) is 2.51. The molecule has 3 aromatic rings. The molecular weight excluding hydrogens is 360 g/mol. The fraction of sp³-hybridized carbons (Fsp3) is 0.150. The van der Waals surface area contributed by atoms with E-state index in [4.69, 9.17) is 20.3 Å². The number of rotatable bonds is 7. The Bertz CT molecular complexity index is 1010. The second-order valence-electron chi connectivity index (χ2n) is 6.03. The number of hydrogen-bond donors (Lipinski definition) is 2. The van der Waals surface area contributed by atoms with Crippen molar-refractivity contribution in [3.05, 3.63) is 71.0 Å². The zero-order valence-electron chi connectivity index (χ0n) is 15.5. The Hall–Kier alpha value is -3.81. The molecule has 8 heteroatoms. The van der Waals surface area contributed by atoms with E-state index < -0.39 is 5.97 Å². The predicted molar refractivity (Wildman–Crippen MR) is 105 cm³/mol. The molecule has 0 bridgehead atoms. The van der Waals surface area contributed by atoms with Crippen LogP contribution in [0.1, 0.15) is 27.2 Å². The summed E-state index contributed by atoms with van der Waals surface area (Å²) in [5.41, 5.74) is 8.44. The number of hydrogen-bond acceptors (Lipinski definition) is 6. The highest BCUT2D eigenvalue weighted by atomic mass is 16.5. The van der Waals surface area contributed by atoms with Crippen molar-refractivity contribution < 1.29 is 19.4 Å².